The van der Waals surface area contributed by atoms with Crippen molar-refractivity contribution in [1.29, 1.82) is 0 Å². The number of benzene rings is 3. The largest absolute Gasteiger partial charge is 0.497 e. The van der Waals surface area contributed by atoms with Crippen LogP contribution in [0.3, 0.4) is 0 Å². The SMILES string of the molecule is COc1ccc2cc([C@H](C)C(=O)NCc3cc(OC)c(OC)cc3Cl)ccc2c1. The molecule has 3 aromatic carbocycles. The summed E-state index contributed by atoms with van der Waals surface area (Å²) in [6.45, 7) is 2.18. The fourth-order valence-corrected chi connectivity index (χ4v) is 3.38. The van der Waals surface area contributed by atoms with Crippen LogP contribution in [-0.2, 0) is 11.3 Å². The number of methoxy groups -OCH3 is 3. The van der Waals surface area contributed by atoms with E-state index in [1.807, 2.05) is 43.3 Å². The fourth-order valence-electron chi connectivity index (χ4n) is 3.16. The summed E-state index contributed by atoms with van der Waals surface area (Å²) in [6.07, 6.45) is 0. The zero-order valence-electron chi connectivity index (χ0n) is 16.9. The van der Waals surface area contributed by atoms with E-state index in [0.29, 0.717) is 23.1 Å². The van der Waals surface area contributed by atoms with Crippen molar-refractivity contribution in [3.8, 4) is 17.2 Å². The van der Waals surface area contributed by atoms with Gasteiger partial charge in [-0.1, -0.05) is 35.9 Å². The lowest BCUT2D eigenvalue weighted by molar-refractivity contribution is -0.122. The Balaban J connectivity index is 1.73. The normalized spacial score (nSPS) is 11.8. The van der Waals surface area contributed by atoms with Crippen LogP contribution in [0.1, 0.15) is 24.0 Å². The zero-order chi connectivity index (χ0) is 21.0. The molecule has 1 N–H and O–H groups in total. The summed E-state index contributed by atoms with van der Waals surface area (Å²) in [5, 5.41) is 5.59. The average molecular weight is 414 g/mol. The van der Waals surface area contributed by atoms with Crippen LogP contribution >= 0.6 is 11.6 Å². The van der Waals surface area contributed by atoms with Crippen LogP contribution in [0.25, 0.3) is 10.8 Å². The van der Waals surface area contributed by atoms with Crippen LogP contribution in [0.4, 0.5) is 0 Å². The van der Waals surface area contributed by atoms with Crippen molar-refractivity contribution in [1.82, 2.24) is 5.32 Å². The number of hydrogen-bond acceptors (Lipinski definition) is 4. The topological polar surface area (TPSA) is 56.8 Å². The molecule has 1 amide bonds. The molecule has 0 radical (unpaired) electrons. The van der Waals surface area contributed by atoms with Gasteiger partial charge in [0.2, 0.25) is 5.91 Å². The van der Waals surface area contributed by atoms with Gasteiger partial charge in [0, 0.05) is 17.6 Å². The number of halogens is 1. The molecule has 0 aliphatic carbocycles. The molecule has 0 bridgehead atoms. The van der Waals surface area contributed by atoms with Gasteiger partial charge in [0.05, 0.1) is 27.2 Å². The Bertz CT molecular complexity index is 1030. The van der Waals surface area contributed by atoms with Gasteiger partial charge in [-0.3, -0.25) is 4.79 Å². The van der Waals surface area contributed by atoms with E-state index in [9.17, 15) is 4.79 Å². The number of hydrogen-bond donors (Lipinski definition) is 1. The van der Waals surface area contributed by atoms with E-state index in [1.54, 1.807) is 33.5 Å². The Morgan fingerprint density at radius 3 is 2.28 bits per heavy atom. The van der Waals surface area contributed by atoms with E-state index in [4.69, 9.17) is 25.8 Å². The number of fused-ring (bicyclic) bond motifs is 1. The van der Waals surface area contributed by atoms with Gasteiger partial charge < -0.3 is 19.5 Å². The van der Waals surface area contributed by atoms with Crippen molar-refractivity contribution in [3.05, 3.63) is 64.7 Å². The minimum atomic E-state index is -0.305. The second kappa shape index (κ2) is 9.05. The first kappa shape index (κ1) is 20.8. The quantitative estimate of drug-likeness (QED) is 0.596. The molecule has 0 saturated heterocycles. The highest BCUT2D eigenvalue weighted by atomic mass is 35.5. The molecular formula is C23H24ClNO4. The molecule has 0 saturated carbocycles. The standard InChI is InChI=1S/C23H24ClNO4/c1-14(15-5-6-17-10-19(27-2)8-7-16(17)9-15)23(26)25-13-18-11-21(28-3)22(29-4)12-20(18)24/h5-12,14H,13H2,1-4H3,(H,25,26)/t14-/m0/s1. The first-order valence-electron chi connectivity index (χ1n) is 9.22. The predicted octanol–water partition coefficient (Wildman–Crippen LogP) is 4.94. The number of carbonyl (C=O) groups is 1. The maximum atomic E-state index is 12.7. The van der Waals surface area contributed by atoms with Gasteiger partial charge in [-0.15, -0.1) is 0 Å². The van der Waals surface area contributed by atoms with Gasteiger partial charge in [-0.05, 0) is 47.0 Å². The van der Waals surface area contributed by atoms with Crippen LogP contribution in [-0.4, -0.2) is 27.2 Å². The lowest BCUT2D eigenvalue weighted by atomic mass is 9.97. The third-order valence-electron chi connectivity index (χ3n) is 4.97. The lowest BCUT2D eigenvalue weighted by Crippen LogP contribution is -2.27. The summed E-state index contributed by atoms with van der Waals surface area (Å²) >= 11 is 6.31. The highest BCUT2D eigenvalue weighted by Crippen LogP contribution is 2.33. The van der Waals surface area contributed by atoms with E-state index < -0.39 is 0 Å². The molecule has 0 aliphatic rings. The van der Waals surface area contributed by atoms with Gasteiger partial charge in [0.1, 0.15) is 5.75 Å². The highest BCUT2D eigenvalue weighted by molar-refractivity contribution is 6.31. The van der Waals surface area contributed by atoms with E-state index in [1.165, 1.54) is 0 Å². The van der Waals surface area contributed by atoms with Gasteiger partial charge in [-0.2, -0.15) is 0 Å². The second-order valence-corrected chi connectivity index (χ2v) is 7.12. The van der Waals surface area contributed by atoms with Gasteiger partial charge in [0.15, 0.2) is 11.5 Å². The summed E-state index contributed by atoms with van der Waals surface area (Å²) in [5.74, 6) is 1.54. The van der Waals surface area contributed by atoms with Crippen molar-refractivity contribution in [2.45, 2.75) is 19.4 Å². The van der Waals surface area contributed by atoms with Crippen molar-refractivity contribution >= 4 is 28.3 Å². The average Bonchev–Trinajstić information content (AvgIpc) is 2.76. The van der Waals surface area contributed by atoms with E-state index in [-0.39, 0.29) is 11.8 Å². The molecule has 3 aromatic rings. The highest BCUT2D eigenvalue weighted by Gasteiger charge is 2.17. The Morgan fingerprint density at radius 2 is 1.59 bits per heavy atom. The Hall–Kier alpha value is -2.92. The van der Waals surface area contributed by atoms with Gasteiger partial charge >= 0.3 is 0 Å². The molecule has 0 unspecified atom stereocenters. The minimum Gasteiger partial charge on any atom is -0.497 e. The monoisotopic (exact) mass is 413 g/mol. The molecule has 6 heteroatoms. The maximum Gasteiger partial charge on any atom is 0.227 e. The Labute approximate surface area is 175 Å². The molecular weight excluding hydrogens is 390 g/mol. The minimum absolute atomic E-state index is 0.0799. The number of ether oxygens (including phenoxy) is 3. The third-order valence-corrected chi connectivity index (χ3v) is 5.32. The van der Waals surface area contributed by atoms with Crippen molar-refractivity contribution in [2.75, 3.05) is 21.3 Å². The zero-order valence-corrected chi connectivity index (χ0v) is 17.7. The summed E-state index contributed by atoms with van der Waals surface area (Å²) in [4.78, 5) is 12.7. The number of amides is 1. The van der Waals surface area contributed by atoms with Crippen LogP contribution in [0.15, 0.2) is 48.5 Å². The third kappa shape index (κ3) is 4.57. The molecule has 5 nitrogen and oxygen atoms in total. The smallest absolute Gasteiger partial charge is 0.227 e. The van der Waals surface area contributed by atoms with Gasteiger partial charge in [-0.25, -0.2) is 0 Å². The second-order valence-electron chi connectivity index (χ2n) is 6.71. The maximum absolute atomic E-state index is 12.7. The lowest BCUT2D eigenvalue weighted by Gasteiger charge is -2.15. The van der Waals surface area contributed by atoms with Gasteiger partial charge in [0.25, 0.3) is 0 Å². The summed E-state index contributed by atoms with van der Waals surface area (Å²) in [7, 11) is 4.76. The number of rotatable bonds is 7. The molecule has 0 aliphatic heterocycles. The summed E-state index contributed by atoms with van der Waals surface area (Å²) in [6, 6.07) is 15.3. The molecule has 152 valence electrons. The number of nitrogens with one attached hydrogen (secondary N) is 1. The van der Waals surface area contributed by atoms with E-state index >= 15 is 0 Å². The summed E-state index contributed by atoms with van der Waals surface area (Å²) in [5.41, 5.74) is 1.70. The summed E-state index contributed by atoms with van der Waals surface area (Å²) < 4.78 is 15.8. The first-order chi connectivity index (χ1) is 14.0. The number of carbonyl (C=O) groups excluding carboxylic acids is 1. The molecule has 3 rings (SSSR count). The molecule has 0 spiro atoms. The van der Waals surface area contributed by atoms with Crippen molar-refractivity contribution in [2.24, 2.45) is 0 Å². The van der Waals surface area contributed by atoms with E-state index in [0.717, 1.165) is 27.6 Å². The fraction of sp³-hybridized carbons (Fsp3) is 0.261. The van der Waals surface area contributed by atoms with Crippen LogP contribution in [0.5, 0.6) is 17.2 Å². The molecule has 1 atom stereocenters. The Morgan fingerprint density at radius 1 is 0.931 bits per heavy atom. The first-order valence-corrected chi connectivity index (χ1v) is 9.60. The molecule has 29 heavy (non-hydrogen) atoms. The Kier molecular flexibility index (Phi) is 6.49. The molecule has 0 fully saturated rings. The van der Waals surface area contributed by atoms with Crippen molar-refractivity contribution < 1.29 is 19.0 Å². The van der Waals surface area contributed by atoms with Crippen LogP contribution < -0.4 is 19.5 Å². The van der Waals surface area contributed by atoms with Crippen molar-refractivity contribution in [3.63, 3.8) is 0 Å². The molecule has 0 heterocycles. The van der Waals surface area contributed by atoms with Crippen LogP contribution in [0, 0.1) is 0 Å². The predicted molar refractivity (Wildman–Crippen MR) is 115 cm³/mol. The van der Waals surface area contributed by atoms with Crippen LogP contribution in [0.2, 0.25) is 5.02 Å². The van der Waals surface area contributed by atoms with E-state index in [2.05, 4.69) is 5.32 Å². The molecule has 0 aromatic heterocycles.